The van der Waals surface area contributed by atoms with Crippen LogP contribution >= 0.6 is 129 Å². The summed E-state index contributed by atoms with van der Waals surface area (Å²) in [5.41, 5.74) is 34.9. The Hall–Kier alpha value is -6.56. The SMILES string of the molecule is BrCCCCBr.COc1cc(N(CCCCBr)C(=O)C(F)(F)F)c(Cl)cc1C(C)=O.COc1cc(N)c(Cl)cc1C(=O)CCC1CCNCC1.COc1cc(N)c(Cl)cc1C(C)=O.COc1cc(N)c(Cl)cc1C(C)=O.COc1cc(N)c(Cl)cc1CCCC1CCN(CCNS(C)(=O)=O)CC1.COc1cc(NCCCCN2CCC(CCC(=O)c3cc(Cl)c(N)cc3OC)CC2)c(Cl)cc1C(C)=O.[Na+].[OH-]. The van der Waals surface area contributed by atoms with Gasteiger partial charge in [0.1, 0.15) is 40.2 Å². The monoisotopic (exact) mass is 2330 g/mol. The van der Waals surface area contributed by atoms with Crippen molar-refractivity contribution in [3.8, 4) is 40.2 Å². The number of nitrogens with two attached hydrogens (primary N) is 5. The first-order chi connectivity index (χ1) is 65.8. The first-order valence-electron chi connectivity index (χ1n) is 45.2. The minimum atomic E-state index is -5.04. The van der Waals surface area contributed by atoms with Crippen LogP contribution in [-0.2, 0) is 21.2 Å². The number of amides is 1. The summed E-state index contributed by atoms with van der Waals surface area (Å²) in [4.78, 5) is 87.8. The van der Waals surface area contributed by atoms with Crippen LogP contribution in [0.4, 0.5) is 53.0 Å². The maximum absolute atomic E-state index is 12.9. The van der Waals surface area contributed by atoms with Gasteiger partial charge in [-0.1, -0.05) is 135 Å². The first kappa shape index (κ1) is 130. The van der Waals surface area contributed by atoms with Gasteiger partial charge in [0, 0.05) is 97.5 Å². The number of likely N-dealkylation sites (tertiary alicyclic amines) is 2. The van der Waals surface area contributed by atoms with Crippen LogP contribution in [0.25, 0.3) is 0 Å². The Morgan fingerprint density at radius 2 is 0.766 bits per heavy atom. The molecule has 3 fully saturated rings. The first-order valence-corrected chi connectivity index (χ1v) is 53.1. The molecule has 7 aromatic carbocycles. The number of methoxy groups -OCH3 is 7. The fourth-order valence-electron chi connectivity index (χ4n) is 15.1. The van der Waals surface area contributed by atoms with Gasteiger partial charge in [0.15, 0.2) is 34.7 Å². The number of rotatable bonds is 41. The molecule has 1 amide bonds. The predicted octanol–water partition coefficient (Wildman–Crippen LogP) is 20.0. The molecule has 3 heterocycles. The Labute approximate surface area is 910 Å². The number of ether oxygens (including phenoxy) is 7. The number of nitrogens with zero attached hydrogens (tertiary/aromatic N) is 3. The number of ketones is 6. The van der Waals surface area contributed by atoms with Gasteiger partial charge in [-0.05, 0) is 242 Å². The minimum Gasteiger partial charge on any atom is -0.870 e. The second-order valence-electron chi connectivity index (χ2n) is 33.1. The van der Waals surface area contributed by atoms with E-state index in [1.54, 1.807) is 68.8 Å². The topological polar surface area (TPSA) is 424 Å². The number of alkyl halides is 6. The zero-order valence-electron chi connectivity index (χ0n) is 82.2. The number of piperidine rings is 3. The van der Waals surface area contributed by atoms with Gasteiger partial charge in [-0.3, -0.25) is 33.6 Å². The Balaban J connectivity index is 0.000000582. The van der Waals surface area contributed by atoms with E-state index in [1.807, 2.05) is 6.07 Å². The van der Waals surface area contributed by atoms with Crippen molar-refractivity contribution in [2.24, 2.45) is 17.8 Å². The average Bonchev–Trinajstić information content (AvgIpc) is 0.789. The molecular weight excluding hydrogens is 2200 g/mol. The molecule has 28 nitrogen and oxygen atoms in total. The average molecular weight is 2340 g/mol. The molecule has 0 spiro atoms. The fraction of sp³-hybridized carbons (Fsp3) is 0.500. The molecule has 780 valence electrons. The van der Waals surface area contributed by atoms with Crippen LogP contribution in [0.3, 0.4) is 0 Å². The Morgan fingerprint density at radius 1 is 0.433 bits per heavy atom. The summed E-state index contributed by atoms with van der Waals surface area (Å²) in [5.74, 6) is 2.66. The molecule has 7 aromatic rings. The molecule has 3 aliphatic rings. The van der Waals surface area contributed by atoms with Gasteiger partial charge in [0.05, 0.1) is 164 Å². The summed E-state index contributed by atoms with van der Waals surface area (Å²) in [6.07, 6.45) is 14.6. The normalized spacial score (nSPS) is 13.3. The van der Waals surface area contributed by atoms with Crippen molar-refractivity contribution in [2.75, 3.05) is 183 Å². The molecule has 43 heteroatoms. The fourth-order valence-corrected chi connectivity index (χ4v) is 18.0. The van der Waals surface area contributed by atoms with Crippen molar-refractivity contribution in [3.05, 3.63) is 159 Å². The zero-order valence-corrected chi connectivity index (χ0v) is 95.0. The van der Waals surface area contributed by atoms with Crippen LogP contribution < -0.4 is 112 Å². The molecule has 3 saturated heterocycles. The second kappa shape index (κ2) is 68.1. The number of unbranched alkanes of at least 4 members (excludes halogenated alkanes) is 3. The van der Waals surface area contributed by atoms with Gasteiger partial charge in [-0.2, -0.15) is 13.2 Å². The number of halogens is 13. The maximum Gasteiger partial charge on any atom is 1.00 e. The van der Waals surface area contributed by atoms with Gasteiger partial charge in [0.2, 0.25) is 10.0 Å². The number of aryl methyl sites for hydroxylation is 1. The number of Topliss-reactive ketones (excluding diaryl/α,β-unsaturated/α-hetero) is 6. The van der Waals surface area contributed by atoms with E-state index < -0.39 is 22.1 Å². The summed E-state index contributed by atoms with van der Waals surface area (Å²) in [5, 5.41) is 12.0. The molecule has 0 aromatic heterocycles. The second-order valence-corrected chi connectivity index (χ2v) is 40.1. The third kappa shape index (κ3) is 45.8. The van der Waals surface area contributed by atoms with E-state index in [-0.39, 0.29) is 98.3 Å². The molecule has 0 radical (unpaired) electrons. The number of nitrogen functional groups attached to an aromatic ring is 5. The van der Waals surface area contributed by atoms with Gasteiger partial charge in [0.25, 0.3) is 0 Å². The van der Waals surface area contributed by atoms with E-state index >= 15 is 0 Å². The molecule has 0 bridgehead atoms. The zero-order chi connectivity index (χ0) is 104. The number of carbonyl (C=O) groups is 7. The molecule has 0 saturated carbocycles. The van der Waals surface area contributed by atoms with Crippen LogP contribution in [0, 0.1) is 17.8 Å². The van der Waals surface area contributed by atoms with Crippen molar-refractivity contribution < 1.29 is 123 Å². The van der Waals surface area contributed by atoms with E-state index in [0.717, 1.165) is 157 Å². The summed E-state index contributed by atoms with van der Waals surface area (Å²) in [6.45, 7) is 14.9. The number of sulfonamides is 1. The quantitative estimate of drug-likeness (QED) is 0.00580. The number of hydrogen-bond donors (Lipinski definition) is 8. The smallest absolute Gasteiger partial charge is 0.870 e. The molecule has 0 atom stereocenters. The van der Waals surface area contributed by atoms with Crippen LogP contribution in [0.15, 0.2) is 84.9 Å². The van der Waals surface area contributed by atoms with E-state index in [0.29, 0.717) is 169 Å². The number of nitrogens with one attached hydrogen (secondary N) is 3. The summed E-state index contributed by atoms with van der Waals surface area (Å²) in [6, 6.07) is 22.1. The molecule has 0 aliphatic carbocycles. The Kier molecular flexibility index (Phi) is 63.0. The van der Waals surface area contributed by atoms with Gasteiger partial charge in [-0.15, -0.1) is 0 Å². The molecule has 3 aliphatic heterocycles. The van der Waals surface area contributed by atoms with Crippen molar-refractivity contribution in [2.45, 2.75) is 156 Å². The number of hydrogen-bond acceptors (Lipinski definition) is 26. The number of benzene rings is 7. The molecular formula is C98H133Br3Cl7F3N11NaO17S. The Bertz CT molecular complexity index is 5220. The van der Waals surface area contributed by atoms with Crippen LogP contribution in [0.1, 0.15) is 211 Å². The molecule has 141 heavy (non-hydrogen) atoms. The van der Waals surface area contributed by atoms with Crippen molar-refractivity contribution in [3.63, 3.8) is 0 Å². The van der Waals surface area contributed by atoms with Gasteiger partial charge < -0.3 is 92.6 Å². The van der Waals surface area contributed by atoms with Gasteiger partial charge >= 0.3 is 41.6 Å². The number of carbonyl (C=O) groups excluding carboxylic acids is 7. The maximum atomic E-state index is 12.9. The predicted molar refractivity (Wildman–Crippen MR) is 573 cm³/mol. The van der Waals surface area contributed by atoms with E-state index in [1.165, 1.54) is 126 Å². The largest absolute Gasteiger partial charge is 1.00 e. The molecule has 0 unspecified atom stereocenters. The van der Waals surface area contributed by atoms with E-state index in [9.17, 15) is 55.2 Å². The standard InChI is InChI=1S/C28H37Cl2N3O4.C18H30ClN3O3S.C15H16BrClF3NO3.C15H21ClN2O2.2C9H10ClNO2.C4H8Br2.Na.H2O/c1-18(34)20-14-23(30)25(17-28(20)37-3)32-10-4-5-11-33-12-8-19(9-13-33)6-7-26(35)21-15-22(29)24(31)16-27(21)36-2;1-25-18-13-17(20)16(19)12-15(18)5-3-4-14-6-9-22(10-7-14)11-8-21-26(2,23)24;1-9(22)10-7-11(17)12(8-13(10)24-2)21(6-4-3-5-16)14(23)15(18,19)20;1-20-15-9-13(17)12(16)8-11(15)14(19)3-2-10-4-6-18-7-5-10;2*1-5(12)6-3-7(10)8(11)4-9(6)13-2;5-3-1-2-4-6;;/h14-17,19,32H,4-13,31H2,1-3H3;12-14,21H,3-11,20H2,1-2H3;7-8H,3-6H2,1-2H3;8-10,18H,2-7,17H2,1H3;2*3-4H,11H2,1-2H3;1-4H2;;1H2/q;;;;;;;+1;/p-1. The number of anilines is 7. The van der Waals surface area contributed by atoms with E-state index in [4.69, 9.17) is 143 Å². The van der Waals surface area contributed by atoms with Gasteiger partial charge in [-0.25, -0.2) is 13.1 Å². The van der Waals surface area contributed by atoms with E-state index in [2.05, 4.69) is 72.9 Å². The Morgan fingerprint density at radius 3 is 1.15 bits per heavy atom. The third-order valence-corrected chi connectivity index (χ3v) is 27.6. The van der Waals surface area contributed by atoms with Crippen LogP contribution in [-0.4, -0.2) is 214 Å². The molecule has 10 rings (SSSR count). The summed E-state index contributed by atoms with van der Waals surface area (Å²) >= 11 is 52.0. The third-order valence-electron chi connectivity index (χ3n) is 22.9. The summed E-state index contributed by atoms with van der Waals surface area (Å²) in [7, 11) is 7.42. The minimum absolute atomic E-state index is 0. The van der Waals surface area contributed by atoms with Crippen molar-refractivity contribution in [1.29, 1.82) is 0 Å². The molecule has 14 N–H and O–H groups in total. The van der Waals surface area contributed by atoms with Crippen LogP contribution in [0.5, 0.6) is 40.2 Å². The van der Waals surface area contributed by atoms with Crippen LogP contribution in [0.2, 0.25) is 35.2 Å². The summed E-state index contributed by atoms with van der Waals surface area (Å²) < 4.78 is 99.7. The van der Waals surface area contributed by atoms with Crippen molar-refractivity contribution in [1.82, 2.24) is 19.8 Å². The van der Waals surface area contributed by atoms with Crippen molar-refractivity contribution >= 4 is 219 Å².